The Labute approximate surface area is 147 Å². The molecule has 3 aliphatic heterocycles. The summed E-state index contributed by atoms with van der Waals surface area (Å²) in [5.74, 6) is 1.19. The van der Waals surface area contributed by atoms with Crippen LogP contribution in [0.3, 0.4) is 0 Å². The van der Waals surface area contributed by atoms with Crippen molar-refractivity contribution < 1.29 is 4.79 Å². The lowest BCUT2D eigenvalue weighted by Crippen LogP contribution is -2.63. The Bertz CT molecular complexity index is 440. The number of likely N-dealkylation sites (tertiary alicyclic amines) is 1. The van der Waals surface area contributed by atoms with E-state index in [9.17, 15) is 4.79 Å². The molecule has 3 saturated heterocycles. The van der Waals surface area contributed by atoms with Crippen molar-refractivity contribution in [1.82, 2.24) is 14.7 Å². The van der Waals surface area contributed by atoms with E-state index in [0.717, 1.165) is 37.1 Å². The van der Waals surface area contributed by atoms with Crippen LogP contribution in [0.1, 0.15) is 64.7 Å². The molecule has 0 spiro atoms. The van der Waals surface area contributed by atoms with Gasteiger partial charge in [0.1, 0.15) is 0 Å². The highest BCUT2D eigenvalue weighted by atomic mass is 16.2. The summed E-state index contributed by atoms with van der Waals surface area (Å²) in [5.41, 5.74) is 0. The molecule has 2 atom stereocenters. The van der Waals surface area contributed by atoms with Gasteiger partial charge in [-0.05, 0) is 51.0 Å². The summed E-state index contributed by atoms with van der Waals surface area (Å²) >= 11 is 0. The van der Waals surface area contributed by atoms with Crippen molar-refractivity contribution in [1.29, 1.82) is 0 Å². The van der Waals surface area contributed by atoms with Crippen molar-refractivity contribution in [3.63, 3.8) is 0 Å². The summed E-state index contributed by atoms with van der Waals surface area (Å²) in [6.45, 7) is 7.56. The third-order valence-corrected chi connectivity index (χ3v) is 7.35. The van der Waals surface area contributed by atoms with Gasteiger partial charge in [-0.15, -0.1) is 0 Å². The zero-order valence-electron chi connectivity index (χ0n) is 15.5. The van der Waals surface area contributed by atoms with Gasteiger partial charge in [-0.3, -0.25) is 14.6 Å². The van der Waals surface area contributed by atoms with Gasteiger partial charge in [0.05, 0.1) is 0 Å². The van der Waals surface area contributed by atoms with Crippen LogP contribution in [-0.4, -0.2) is 71.5 Å². The molecule has 0 N–H and O–H groups in total. The lowest BCUT2D eigenvalue weighted by Gasteiger charge is -2.53. The van der Waals surface area contributed by atoms with E-state index in [1.54, 1.807) is 6.92 Å². The van der Waals surface area contributed by atoms with E-state index < -0.39 is 0 Å². The zero-order valence-corrected chi connectivity index (χ0v) is 15.5. The molecule has 4 fully saturated rings. The summed E-state index contributed by atoms with van der Waals surface area (Å²) < 4.78 is 0. The fourth-order valence-corrected chi connectivity index (χ4v) is 6.13. The molecule has 0 aromatic rings. The molecule has 3 heterocycles. The number of fused-ring (bicyclic) bond motifs is 1. The zero-order chi connectivity index (χ0) is 16.5. The molecular weight excluding hydrogens is 298 g/mol. The average molecular weight is 334 g/mol. The number of carbonyl (C=O) groups is 1. The second-order valence-corrected chi connectivity index (χ2v) is 8.61. The minimum atomic E-state index is 0.262. The molecule has 136 valence electrons. The second kappa shape index (κ2) is 7.33. The Morgan fingerprint density at radius 1 is 0.792 bits per heavy atom. The quantitative estimate of drug-likeness (QED) is 0.777. The van der Waals surface area contributed by atoms with E-state index in [4.69, 9.17) is 0 Å². The first-order valence-electron chi connectivity index (χ1n) is 10.5. The van der Waals surface area contributed by atoms with Crippen molar-refractivity contribution >= 4 is 5.91 Å². The van der Waals surface area contributed by atoms with Gasteiger partial charge in [0.2, 0.25) is 5.91 Å². The van der Waals surface area contributed by atoms with E-state index in [2.05, 4.69) is 14.7 Å². The molecule has 24 heavy (non-hydrogen) atoms. The molecular formula is C20H35N3O. The van der Waals surface area contributed by atoms with Gasteiger partial charge in [0.25, 0.3) is 0 Å². The maximum absolute atomic E-state index is 11.6. The Hall–Kier alpha value is -0.610. The average Bonchev–Trinajstić information content (AvgIpc) is 3.10. The molecule has 2 unspecified atom stereocenters. The predicted octanol–water partition coefficient (Wildman–Crippen LogP) is 2.73. The third kappa shape index (κ3) is 3.24. The molecule has 1 saturated carbocycles. The second-order valence-electron chi connectivity index (χ2n) is 8.61. The van der Waals surface area contributed by atoms with Gasteiger partial charge in [-0.25, -0.2) is 0 Å². The molecule has 0 radical (unpaired) electrons. The van der Waals surface area contributed by atoms with Crippen molar-refractivity contribution in [3.05, 3.63) is 0 Å². The highest BCUT2D eigenvalue weighted by Crippen LogP contribution is 2.39. The first-order valence-corrected chi connectivity index (χ1v) is 10.5. The van der Waals surface area contributed by atoms with Crippen molar-refractivity contribution in [2.75, 3.05) is 32.7 Å². The topological polar surface area (TPSA) is 26.8 Å². The van der Waals surface area contributed by atoms with Crippen LogP contribution in [0.4, 0.5) is 0 Å². The monoisotopic (exact) mass is 333 g/mol. The number of piperazine rings is 1. The predicted molar refractivity (Wildman–Crippen MR) is 96.9 cm³/mol. The van der Waals surface area contributed by atoms with Gasteiger partial charge >= 0.3 is 0 Å². The summed E-state index contributed by atoms with van der Waals surface area (Å²) in [7, 11) is 0. The van der Waals surface area contributed by atoms with Gasteiger partial charge in [-0.2, -0.15) is 0 Å². The Kier molecular flexibility index (Phi) is 5.14. The summed E-state index contributed by atoms with van der Waals surface area (Å²) in [5, 5.41) is 0. The van der Waals surface area contributed by atoms with Crippen molar-refractivity contribution in [2.24, 2.45) is 5.92 Å². The van der Waals surface area contributed by atoms with Crippen LogP contribution < -0.4 is 0 Å². The van der Waals surface area contributed by atoms with Crippen molar-refractivity contribution in [2.45, 2.75) is 82.8 Å². The van der Waals surface area contributed by atoms with Crippen LogP contribution in [-0.2, 0) is 4.79 Å². The Balaban J connectivity index is 1.48. The first-order chi connectivity index (χ1) is 11.7. The number of piperidine rings is 1. The number of amides is 1. The fraction of sp³-hybridized carbons (Fsp3) is 0.950. The molecule has 4 nitrogen and oxygen atoms in total. The van der Waals surface area contributed by atoms with Gasteiger partial charge in [0, 0.05) is 51.2 Å². The SMILES string of the molecule is CC(=O)N1CCC(N2CCN3CCCC3C2C2CCCCC2)CC1. The molecule has 1 amide bonds. The molecule has 4 aliphatic rings. The fourth-order valence-electron chi connectivity index (χ4n) is 6.13. The van der Waals surface area contributed by atoms with Crippen LogP contribution >= 0.6 is 0 Å². The smallest absolute Gasteiger partial charge is 0.219 e. The lowest BCUT2D eigenvalue weighted by atomic mass is 9.78. The Morgan fingerprint density at radius 2 is 1.54 bits per heavy atom. The molecule has 4 rings (SSSR count). The van der Waals surface area contributed by atoms with Crippen LogP contribution in [0.25, 0.3) is 0 Å². The number of rotatable bonds is 2. The van der Waals surface area contributed by atoms with E-state index in [-0.39, 0.29) is 5.91 Å². The minimum Gasteiger partial charge on any atom is -0.343 e. The van der Waals surface area contributed by atoms with Crippen molar-refractivity contribution in [3.8, 4) is 0 Å². The van der Waals surface area contributed by atoms with Crippen LogP contribution in [0, 0.1) is 5.92 Å². The van der Waals surface area contributed by atoms with Gasteiger partial charge in [0.15, 0.2) is 0 Å². The number of carbonyl (C=O) groups excluding carboxylic acids is 1. The van der Waals surface area contributed by atoms with Crippen LogP contribution in [0.5, 0.6) is 0 Å². The van der Waals surface area contributed by atoms with Crippen LogP contribution in [0.2, 0.25) is 0 Å². The van der Waals surface area contributed by atoms with E-state index in [0.29, 0.717) is 0 Å². The van der Waals surface area contributed by atoms with E-state index in [1.807, 2.05) is 0 Å². The van der Waals surface area contributed by atoms with E-state index >= 15 is 0 Å². The lowest BCUT2D eigenvalue weighted by molar-refractivity contribution is -0.131. The van der Waals surface area contributed by atoms with Gasteiger partial charge in [-0.1, -0.05) is 19.3 Å². The number of hydrogen-bond acceptors (Lipinski definition) is 3. The standard InChI is InChI=1S/C20H35N3O/c1-16(24)21-12-9-18(10-13-21)23-15-14-22-11-5-8-19(22)20(23)17-6-3-2-4-7-17/h17-20H,2-15H2,1H3. The van der Waals surface area contributed by atoms with Crippen LogP contribution in [0.15, 0.2) is 0 Å². The Morgan fingerprint density at radius 3 is 2.25 bits per heavy atom. The number of hydrogen-bond donors (Lipinski definition) is 0. The summed E-state index contributed by atoms with van der Waals surface area (Å²) in [6.07, 6.45) is 12.5. The maximum atomic E-state index is 11.6. The maximum Gasteiger partial charge on any atom is 0.219 e. The normalized spacial score (nSPS) is 34.5. The molecule has 0 aromatic carbocycles. The molecule has 0 bridgehead atoms. The number of nitrogens with zero attached hydrogens (tertiary/aromatic N) is 3. The summed E-state index contributed by atoms with van der Waals surface area (Å²) in [4.78, 5) is 19.4. The third-order valence-electron chi connectivity index (χ3n) is 7.35. The molecule has 4 heteroatoms. The first kappa shape index (κ1) is 16.8. The minimum absolute atomic E-state index is 0.262. The highest BCUT2D eigenvalue weighted by molar-refractivity contribution is 5.73. The van der Waals surface area contributed by atoms with Gasteiger partial charge < -0.3 is 4.90 Å². The summed E-state index contributed by atoms with van der Waals surface area (Å²) in [6, 6.07) is 2.35. The largest absolute Gasteiger partial charge is 0.343 e. The highest BCUT2D eigenvalue weighted by Gasteiger charge is 2.45. The van der Waals surface area contributed by atoms with E-state index in [1.165, 1.54) is 77.4 Å². The molecule has 0 aromatic heterocycles. The molecule has 1 aliphatic carbocycles.